The van der Waals surface area contributed by atoms with Gasteiger partial charge in [0.25, 0.3) is 15.9 Å². The summed E-state index contributed by atoms with van der Waals surface area (Å²) in [7, 11) is -4.08. The van der Waals surface area contributed by atoms with Crippen LogP contribution in [0.5, 0.6) is 0 Å². The van der Waals surface area contributed by atoms with Crippen LogP contribution in [0, 0.1) is 5.92 Å². The third-order valence-corrected chi connectivity index (χ3v) is 7.88. The third-order valence-electron chi connectivity index (χ3n) is 6.45. The molecule has 11 heteroatoms. The Balaban J connectivity index is 1.65. The van der Waals surface area contributed by atoms with E-state index in [0.717, 1.165) is 43.9 Å². The van der Waals surface area contributed by atoms with Gasteiger partial charge in [0, 0.05) is 36.9 Å². The molecule has 2 aromatic rings. The van der Waals surface area contributed by atoms with E-state index in [-0.39, 0.29) is 22.4 Å². The number of benzodiazepines with no additional fused rings is 1. The lowest BCUT2D eigenvalue weighted by molar-refractivity contribution is -0.126. The molecule has 1 fully saturated rings. The lowest BCUT2D eigenvalue weighted by Crippen LogP contribution is -2.62. The number of likely N-dealkylation sites (N-methyl/N-ethyl adjacent to an activating group) is 1. The van der Waals surface area contributed by atoms with Gasteiger partial charge in [-0.1, -0.05) is 37.1 Å². The van der Waals surface area contributed by atoms with Crippen molar-refractivity contribution in [2.24, 2.45) is 10.9 Å². The predicted molar refractivity (Wildman–Crippen MR) is 136 cm³/mol. The number of hydrogen-bond acceptors (Lipinski definition) is 6. The Bertz CT molecular complexity index is 1320. The van der Waals surface area contributed by atoms with Crippen LogP contribution in [0.25, 0.3) is 0 Å². The Morgan fingerprint density at radius 3 is 2.53 bits per heavy atom. The molecule has 1 atom stereocenters. The van der Waals surface area contributed by atoms with E-state index in [4.69, 9.17) is 4.99 Å². The number of rotatable bonds is 6. The Hall–Kier alpha value is -3.73. The number of sulfonamides is 1. The highest BCUT2D eigenvalue weighted by Crippen LogP contribution is 2.39. The number of para-hydroxylation sites is 1. The quantitative estimate of drug-likeness (QED) is 0.548. The summed E-state index contributed by atoms with van der Waals surface area (Å²) in [4.78, 5) is 44.6. The van der Waals surface area contributed by atoms with Gasteiger partial charge in [-0.25, -0.2) is 17.9 Å². The highest BCUT2D eigenvalue weighted by atomic mass is 32.2. The van der Waals surface area contributed by atoms with E-state index in [1.54, 1.807) is 11.1 Å². The zero-order valence-corrected chi connectivity index (χ0v) is 21.0. The molecular weight excluding hydrogens is 482 g/mol. The fraction of sp³-hybridized carbons (Fsp3) is 0.360. The monoisotopic (exact) mass is 511 g/mol. The molecule has 10 nitrogen and oxygen atoms in total. The predicted octanol–water partition coefficient (Wildman–Crippen LogP) is 3.01. The molecule has 1 heterocycles. The van der Waals surface area contributed by atoms with Crippen molar-refractivity contribution in [1.82, 2.24) is 10.0 Å². The summed E-state index contributed by atoms with van der Waals surface area (Å²) in [5.74, 6) is -1.23. The van der Waals surface area contributed by atoms with Crippen LogP contribution in [0.3, 0.4) is 0 Å². The van der Waals surface area contributed by atoms with E-state index in [1.165, 1.54) is 24.3 Å². The number of urea groups is 1. The number of nitrogens with zero attached hydrogens (tertiary/aromatic N) is 2. The first-order valence-electron chi connectivity index (χ1n) is 11.8. The molecule has 0 bridgehead atoms. The first-order valence-corrected chi connectivity index (χ1v) is 13.3. The summed E-state index contributed by atoms with van der Waals surface area (Å²) in [6, 6.07) is 12.3. The molecule has 190 valence electrons. The number of carbonyl (C=O) groups is 3. The van der Waals surface area contributed by atoms with E-state index in [2.05, 4.69) is 10.6 Å². The number of carbonyl (C=O) groups excluding carboxylic acids is 3. The van der Waals surface area contributed by atoms with Gasteiger partial charge >= 0.3 is 6.03 Å². The highest BCUT2D eigenvalue weighted by molar-refractivity contribution is 7.90. The topological polar surface area (TPSA) is 137 Å². The van der Waals surface area contributed by atoms with Crippen molar-refractivity contribution in [3.8, 4) is 0 Å². The van der Waals surface area contributed by atoms with Crippen LogP contribution in [0.1, 0.15) is 45.1 Å². The van der Waals surface area contributed by atoms with Crippen LogP contribution in [-0.4, -0.2) is 44.7 Å². The maximum Gasteiger partial charge on any atom is 0.321 e. The standard InChI is InChI=1S/C25H29N5O5S/c1-3-30-22-14-7-4-9-18(22)16-26-25(23(30)32,19-10-5-6-11-19)28-24(33)27-20-12-8-13-21(15-20)36(34,35)29-17(2)31/h4,7-9,12-16,19H,3,5-6,10-11H2,1-2H3,(H,29,31)(H2,27,28,33). The first kappa shape index (κ1) is 25.4. The minimum absolute atomic E-state index is 0.182. The van der Waals surface area contributed by atoms with Crippen molar-refractivity contribution in [3.63, 3.8) is 0 Å². The van der Waals surface area contributed by atoms with Crippen LogP contribution in [0.15, 0.2) is 58.4 Å². The summed E-state index contributed by atoms with van der Waals surface area (Å²) < 4.78 is 26.6. The second-order valence-corrected chi connectivity index (χ2v) is 10.6. The van der Waals surface area contributed by atoms with Crippen molar-refractivity contribution in [3.05, 3.63) is 54.1 Å². The zero-order chi connectivity index (χ0) is 25.9. The fourth-order valence-electron chi connectivity index (χ4n) is 4.83. The number of benzene rings is 2. The molecule has 1 aliphatic carbocycles. The second-order valence-electron chi connectivity index (χ2n) is 8.88. The minimum atomic E-state index is -4.08. The maximum absolute atomic E-state index is 14.0. The van der Waals surface area contributed by atoms with Crippen LogP contribution < -0.4 is 20.3 Å². The van der Waals surface area contributed by atoms with Crippen molar-refractivity contribution >= 4 is 45.5 Å². The van der Waals surface area contributed by atoms with Crippen LogP contribution in [0.2, 0.25) is 0 Å². The Kier molecular flexibility index (Phi) is 7.11. The molecule has 0 aromatic heterocycles. The normalized spacial score (nSPS) is 19.9. The van der Waals surface area contributed by atoms with Crippen molar-refractivity contribution in [2.45, 2.75) is 50.1 Å². The van der Waals surface area contributed by atoms with E-state index >= 15 is 0 Å². The average molecular weight is 512 g/mol. The number of fused-ring (bicyclic) bond motifs is 1. The molecule has 3 N–H and O–H groups in total. The Morgan fingerprint density at radius 2 is 1.83 bits per heavy atom. The minimum Gasteiger partial charge on any atom is -0.308 e. The third kappa shape index (κ3) is 4.97. The van der Waals surface area contributed by atoms with Gasteiger partial charge < -0.3 is 15.5 Å². The van der Waals surface area contributed by atoms with Gasteiger partial charge in [0.2, 0.25) is 11.6 Å². The van der Waals surface area contributed by atoms with E-state index in [9.17, 15) is 22.8 Å². The number of amides is 4. The van der Waals surface area contributed by atoms with E-state index in [0.29, 0.717) is 6.54 Å². The average Bonchev–Trinajstić information content (AvgIpc) is 3.34. The second kappa shape index (κ2) is 10.1. The van der Waals surface area contributed by atoms with E-state index < -0.39 is 27.6 Å². The fourth-order valence-corrected chi connectivity index (χ4v) is 5.87. The first-order chi connectivity index (χ1) is 17.2. The molecule has 0 radical (unpaired) electrons. The number of aliphatic imine (C=N–C) groups is 1. The van der Waals surface area contributed by atoms with Gasteiger partial charge in [-0.05, 0) is 44.0 Å². The molecule has 0 saturated heterocycles. The summed E-state index contributed by atoms with van der Waals surface area (Å²) in [6.07, 6.45) is 4.98. The zero-order valence-electron chi connectivity index (χ0n) is 20.2. The van der Waals surface area contributed by atoms with Gasteiger partial charge in [0.15, 0.2) is 0 Å². The number of anilines is 2. The van der Waals surface area contributed by atoms with Crippen LogP contribution >= 0.6 is 0 Å². The molecule has 2 aliphatic rings. The molecule has 4 amide bonds. The van der Waals surface area contributed by atoms with Gasteiger partial charge in [0.05, 0.1) is 10.6 Å². The molecule has 2 aromatic carbocycles. The molecule has 0 spiro atoms. The SMILES string of the molecule is CCN1C(=O)C(NC(=O)Nc2cccc(S(=O)(=O)NC(C)=O)c2)(C2CCCC2)N=Cc2ccccc21. The van der Waals surface area contributed by atoms with Gasteiger partial charge in [-0.15, -0.1) is 0 Å². The Morgan fingerprint density at radius 1 is 1.11 bits per heavy atom. The smallest absolute Gasteiger partial charge is 0.308 e. The van der Waals surface area contributed by atoms with Crippen molar-refractivity contribution in [1.29, 1.82) is 0 Å². The van der Waals surface area contributed by atoms with Gasteiger partial charge in [0.1, 0.15) is 0 Å². The largest absolute Gasteiger partial charge is 0.321 e. The molecular formula is C25H29N5O5S. The highest BCUT2D eigenvalue weighted by Gasteiger charge is 2.50. The molecule has 4 rings (SSSR count). The number of hydrogen-bond donors (Lipinski definition) is 3. The molecule has 1 aliphatic heterocycles. The van der Waals surface area contributed by atoms with Crippen molar-refractivity contribution < 1.29 is 22.8 Å². The molecule has 1 saturated carbocycles. The Labute approximate surface area is 210 Å². The molecule has 1 unspecified atom stereocenters. The summed E-state index contributed by atoms with van der Waals surface area (Å²) >= 11 is 0. The molecule has 36 heavy (non-hydrogen) atoms. The summed E-state index contributed by atoms with van der Waals surface area (Å²) in [6.45, 7) is 3.37. The van der Waals surface area contributed by atoms with Crippen LogP contribution in [0.4, 0.5) is 16.2 Å². The summed E-state index contributed by atoms with van der Waals surface area (Å²) in [5, 5.41) is 5.47. The van der Waals surface area contributed by atoms with Gasteiger partial charge in [-0.3, -0.25) is 14.6 Å². The van der Waals surface area contributed by atoms with E-state index in [1.807, 2.05) is 35.9 Å². The van der Waals surface area contributed by atoms with Crippen LogP contribution in [-0.2, 0) is 19.6 Å². The van der Waals surface area contributed by atoms with Gasteiger partial charge in [-0.2, -0.15) is 0 Å². The maximum atomic E-state index is 14.0. The van der Waals surface area contributed by atoms with Crippen molar-refractivity contribution in [2.75, 3.05) is 16.8 Å². The number of nitrogens with one attached hydrogen (secondary N) is 3. The lowest BCUT2D eigenvalue weighted by atomic mass is 9.89. The summed E-state index contributed by atoms with van der Waals surface area (Å²) in [5.41, 5.74) is 0.189. The lowest BCUT2D eigenvalue weighted by Gasteiger charge is -2.37.